The molecule has 2 rings (SSSR count). The van der Waals surface area contributed by atoms with Crippen molar-refractivity contribution in [2.45, 2.75) is 26.3 Å². The summed E-state index contributed by atoms with van der Waals surface area (Å²) in [5, 5.41) is 2.55. The molecule has 0 aliphatic carbocycles. The normalized spacial score (nSPS) is 11.5. The van der Waals surface area contributed by atoms with Crippen molar-refractivity contribution in [2.24, 2.45) is 0 Å². The number of benzene rings is 1. The van der Waals surface area contributed by atoms with E-state index in [4.69, 9.17) is 9.47 Å². The number of amides is 1. The molecule has 2 aromatic rings. The van der Waals surface area contributed by atoms with Crippen LogP contribution in [0, 0.1) is 13.8 Å². The second-order valence-corrected chi connectivity index (χ2v) is 7.20. The van der Waals surface area contributed by atoms with E-state index in [0.717, 1.165) is 15.3 Å². The van der Waals surface area contributed by atoms with Gasteiger partial charge in [-0.1, -0.05) is 30.3 Å². The molecule has 0 saturated carbocycles. The van der Waals surface area contributed by atoms with E-state index in [1.807, 2.05) is 44.2 Å². The number of thiophene rings is 1. The summed E-state index contributed by atoms with van der Waals surface area (Å²) in [6.07, 6.45) is 0.288. The summed E-state index contributed by atoms with van der Waals surface area (Å²) in [5.74, 6) is -1.67. The number of rotatable bonds is 7. The lowest BCUT2D eigenvalue weighted by Gasteiger charge is -2.16. The van der Waals surface area contributed by atoms with Crippen LogP contribution >= 0.6 is 11.3 Å². The van der Waals surface area contributed by atoms with Gasteiger partial charge in [0.2, 0.25) is 0 Å². The van der Waals surface area contributed by atoms with Gasteiger partial charge in [0.1, 0.15) is 6.04 Å². The van der Waals surface area contributed by atoms with Crippen molar-refractivity contribution in [1.29, 1.82) is 0 Å². The monoisotopic (exact) mass is 375 g/mol. The first-order valence-electron chi connectivity index (χ1n) is 8.06. The maximum atomic E-state index is 12.1. The molecule has 26 heavy (non-hydrogen) atoms. The first-order valence-corrected chi connectivity index (χ1v) is 8.87. The zero-order valence-corrected chi connectivity index (χ0v) is 15.7. The molecule has 0 spiro atoms. The van der Waals surface area contributed by atoms with Gasteiger partial charge >= 0.3 is 11.9 Å². The Bertz CT molecular complexity index is 784. The molecule has 0 unspecified atom stereocenters. The number of nitrogens with one attached hydrogen (secondary N) is 1. The molecule has 1 aromatic carbocycles. The van der Waals surface area contributed by atoms with Gasteiger partial charge in [0.25, 0.3) is 5.91 Å². The third kappa shape index (κ3) is 5.42. The van der Waals surface area contributed by atoms with Crippen LogP contribution in [0.15, 0.2) is 36.4 Å². The van der Waals surface area contributed by atoms with Crippen LogP contribution in [0.25, 0.3) is 0 Å². The van der Waals surface area contributed by atoms with E-state index in [-0.39, 0.29) is 6.42 Å². The fraction of sp³-hybridized carbons (Fsp3) is 0.316. The second-order valence-electron chi connectivity index (χ2n) is 5.74. The highest BCUT2D eigenvalue weighted by Gasteiger charge is 2.23. The number of methoxy groups -OCH3 is 1. The maximum Gasteiger partial charge on any atom is 0.339 e. The first-order chi connectivity index (χ1) is 12.4. The predicted octanol–water partition coefficient (Wildman–Crippen LogP) is 2.42. The number of aryl methyl sites for hydroxylation is 2. The number of carbonyl (C=O) groups is 3. The predicted molar refractivity (Wildman–Crippen MR) is 98.2 cm³/mol. The molecule has 1 amide bonds. The number of hydrogen-bond acceptors (Lipinski definition) is 6. The molecular formula is C19H21NO5S. The van der Waals surface area contributed by atoms with Gasteiger partial charge in [0.15, 0.2) is 6.61 Å². The number of ether oxygens (including phenoxy) is 2. The molecule has 6 nitrogen and oxygen atoms in total. The molecule has 0 aliphatic heterocycles. The minimum atomic E-state index is -0.848. The Kier molecular flexibility index (Phi) is 6.91. The van der Waals surface area contributed by atoms with Crippen LogP contribution in [-0.2, 0) is 25.5 Å². The lowest BCUT2D eigenvalue weighted by Crippen LogP contribution is -2.44. The summed E-state index contributed by atoms with van der Waals surface area (Å²) < 4.78 is 9.79. The molecule has 0 saturated heterocycles. The number of carbonyl (C=O) groups excluding carboxylic acids is 3. The van der Waals surface area contributed by atoms with Crippen molar-refractivity contribution in [3.63, 3.8) is 0 Å². The van der Waals surface area contributed by atoms with Crippen molar-refractivity contribution < 1.29 is 23.9 Å². The highest BCUT2D eigenvalue weighted by atomic mass is 32.1. The van der Waals surface area contributed by atoms with E-state index in [2.05, 4.69) is 5.32 Å². The van der Waals surface area contributed by atoms with Crippen molar-refractivity contribution >= 4 is 29.2 Å². The van der Waals surface area contributed by atoms with Crippen LogP contribution in [0.4, 0.5) is 0 Å². The van der Waals surface area contributed by atoms with E-state index in [9.17, 15) is 14.4 Å². The van der Waals surface area contributed by atoms with E-state index in [1.54, 1.807) is 6.07 Å². The van der Waals surface area contributed by atoms with E-state index >= 15 is 0 Å². The Morgan fingerprint density at radius 1 is 1.15 bits per heavy atom. The molecule has 0 radical (unpaired) electrons. The van der Waals surface area contributed by atoms with Gasteiger partial charge in [-0.3, -0.25) is 4.79 Å². The average molecular weight is 375 g/mol. The average Bonchev–Trinajstić information content (AvgIpc) is 2.97. The quantitative estimate of drug-likeness (QED) is 0.752. The van der Waals surface area contributed by atoms with Gasteiger partial charge in [0, 0.05) is 16.2 Å². The molecule has 1 atom stereocenters. The van der Waals surface area contributed by atoms with Crippen molar-refractivity contribution in [1.82, 2.24) is 5.32 Å². The summed E-state index contributed by atoms with van der Waals surface area (Å²) in [5.41, 5.74) is 1.33. The zero-order valence-electron chi connectivity index (χ0n) is 14.9. The van der Waals surface area contributed by atoms with Gasteiger partial charge < -0.3 is 14.8 Å². The standard InChI is InChI=1S/C19H21NO5S/c1-12-9-15(13(2)26-12)18(22)25-11-17(21)20-16(19(23)24-3)10-14-7-5-4-6-8-14/h4-9,16H,10-11H2,1-3H3,(H,20,21)/t16-/m1/s1. The van der Waals surface area contributed by atoms with Crippen LogP contribution in [-0.4, -0.2) is 37.6 Å². The lowest BCUT2D eigenvalue weighted by molar-refractivity contribution is -0.145. The van der Waals surface area contributed by atoms with Gasteiger partial charge in [-0.25, -0.2) is 9.59 Å². The highest BCUT2D eigenvalue weighted by molar-refractivity contribution is 7.12. The Morgan fingerprint density at radius 2 is 1.85 bits per heavy atom. The fourth-order valence-corrected chi connectivity index (χ4v) is 3.38. The number of esters is 2. The Balaban J connectivity index is 1.93. The Hall–Kier alpha value is -2.67. The van der Waals surface area contributed by atoms with E-state index < -0.39 is 30.5 Å². The molecule has 0 fully saturated rings. The summed E-state index contributed by atoms with van der Waals surface area (Å²) in [6.45, 7) is 3.25. The van der Waals surface area contributed by atoms with Crippen molar-refractivity contribution in [3.05, 3.63) is 57.3 Å². The third-order valence-electron chi connectivity index (χ3n) is 3.70. The Morgan fingerprint density at radius 3 is 2.42 bits per heavy atom. The number of hydrogen-bond donors (Lipinski definition) is 1. The van der Waals surface area contributed by atoms with Gasteiger partial charge in [-0.05, 0) is 25.5 Å². The van der Waals surface area contributed by atoms with Gasteiger partial charge in [-0.15, -0.1) is 11.3 Å². The van der Waals surface area contributed by atoms with Crippen molar-refractivity contribution in [3.8, 4) is 0 Å². The summed E-state index contributed by atoms with van der Waals surface area (Å²) in [4.78, 5) is 37.9. The van der Waals surface area contributed by atoms with Crippen LogP contribution in [0.3, 0.4) is 0 Å². The fourth-order valence-electron chi connectivity index (χ4n) is 2.46. The molecule has 7 heteroatoms. The topological polar surface area (TPSA) is 81.7 Å². The smallest absolute Gasteiger partial charge is 0.339 e. The van der Waals surface area contributed by atoms with Crippen LogP contribution in [0.2, 0.25) is 0 Å². The minimum absolute atomic E-state index is 0.288. The molecule has 1 heterocycles. The van der Waals surface area contributed by atoms with E-state index in [0.29, 0.717) is 5.56 Å². The zero-order chi connectivity index (χ0) is 19.1. The summed E-state index contributed by atoms with van der Waals surface area (Å²) in [7, 11) is 1.26. The maximum absolute atomic E-state index is 12.1. The van der Waals surface area contributed by atoms with Crippen LogP contribution < -0.4 is 5.32 Å². The molecule has 0 bridgehead atoms. The lowest BCUT2D eigenvalue weighted by atomic mass is 10.1. The van der Waals surface area contributed by atoms with E-state index in [1.165, 1.54) is 18.4 Å². The van der Waals surface area contributed by atoms with Crippen molar-refractivity contribution in [2.75, 3.05) is 13.7 Å². The van der Waals surface area contributed by atoms with Gasteiger partial charge in [-0.2, -0.15) is 0 Å². The molecular weight excluding hydrogens is 354 g/mol. The molecule has 0 aliphatic rings. The first kappa shape index (κ1) is 19.7. The SMILES string of the molecule is COC(=O)[C@@H](Cc1ccccc1)NC(=O)COC(=O)c1cc(C)sc1C. The molecule has 1 N–H and O–H groups in total. The van der Waals surface area contributed by atoms with Gasteiger partial charge in [0.05, 0.1) is 12.7 Å². The largest absolute Gasteiger partial charge is 0.467 e. The second kappa shape index (κ2) is 9.15. The van der Waals surface area contributed by atoms with Crippen LogP contribution in [0.1, 0.15) is 25.7 Å². The summed E-state index contributed by atoms with van der Waals surface area (Å²) >= 11 is 1.49. The molecule has 1 aromatic heterocycles. The highest BCUT2D eigenvalue weighted by Crippen LogP contribution is 2.21. The Labute approximate surface area is 156 Å². The van der Waals surface area contributed by atoms with Crippen LogP contribution in [0.5, 0.6) is 0 Å². The minimum Gasteiger partial charge on any atom is -0.467 e. The summed E-state index contributed by atoms with van der Waals surface area (Å²) in [6, 6.07) is 10.1. The molecule has 138 valence electrons. The third-order valence-corrected chi connectivity index (χ3v) is 4.66.